The standard InChI is InChI=1S/C27H28F2N2O/c1-2-20-11-13-22(14-12-20)31(27(32)21-7-4-3-5-8-21)23-15-17-30(18-16-23)19-24-25(28)9-6-10-26(24)29/h3-14,23H,2,15-19H2,1H3. The van der Waals surface area contributed by atoms with Crippen molar-refractivity contribution in [1.82, 2.24) is 4.90 Å². The minimum absolute atomic E-state index is 0.0200. The molecule has 0 bridgehead atoms. The summed E-state index contributed by atoms with van der Waals surface area (Å²) in [6.07, 6.45) is 2.42. The average Bonchev–Trinajstić information content (AvgIpc) is 2.83. The van der Waals surface area contributed by atoms with Crippen molar-refractivity contribution >= 4 is 11.6 Å². The van der Waals surface area contributed by atoms with Crippen LogP contribution in [0.25, 0.3) is 0 Å². The van der Waals surface area contributed by atoms with Crippen LogP contribution in [-0.4, -0.2) is 29.9 Å². The van der Waals surface area contributed by atoms with Gasteiger partial charge in [-0.1, -0.05) is 43.3 Å². The third-order valence-electron chi connectivity index (χ3n) is 6.23. The number of amides is 1. The quantitative estimate of drug-likeness (QED) is 0.487. The number of halogens is 2. The van der Waals surface area contributed by atoms with Crippen LogP contribution < -0.4 is 4.90 Å². The third kappa shape index (κ3) is 4.89. The molecular formula is C27H28F2N2O. The van der Waals surface area contributed by atoms with Crippen molar-refractivity contribution in [2.24, 2.45) is 0 Å². The lowest BCUT2D eigenvalue weighted by atomic mass is 9.99. The highest BCUT2D eigenvalue weighted by Crippen LogP contribution is 2.27. The summed E-state index contributed by atoms with van der Waals surface area (Å²) in [6, 6.07) is 21.5. The molecule has 3 nitrogen and oxygen atoms in total. The molecule has 1 aliphatic heterocycles. The Kier molecular flexibility index (Phi) is 6.96. The van der Waals surface area contributed by atoms with Gasteiger partial charge in [-0.15, -0.1) is 0 Å². The van der Waals surface area contributed by atoms with Gasteiger partial charge in [-0.3, -0.25) is 9.69 Å². The first kappa shape index (κ1) is 22.2. The van der Waals surface area contributed by atoms with Gasteiger partial charge < -0.3 is 4.90 Å². The molecule has 1 fully saturated rings. The molecule has 0 saturated carbocycles. The van der Waals surface area contributed by atoms with E-state index in [0.717, 1.165) is 24.9 Å². The second kappa shape index (κ2) is 10.0. The van der Waals surface area contributed by atoms with E-state index >= 15 is 0 Å². The summed E-state index contributed by atoms with van der Waals surface area (Å²) in [5, 5.41) is 0. The summed E-state index contributed by atoms with van der Waals surface area (Å²) in [5.41, 5.74) is 2.87. The molecule has 166 valence electrons. The van der Waals surface area contributed by atoms with Crippen LogP contribution in [0.1, 0.15) is 41.3 Å². The molecule has 3 aromatic carbocycles. The zero-order valence-electron chi connectivity index (χ0n) is 18.3. The van der Waals surface area contributed by atoms with Gasteiger partial charge in [0, 0.05) is 42.5 Å². The van der Waals surface area contributed by atoms with Gasteiger partial charge >= 0.3 is 0 Å². The van der Waals surface area contributed by atoms with Crippen LogP contribution >= 0.6 is 0 Å². The first-order valence-electron chi connectivity index (χ1n) is 11.2. The van der Waals surface area contributed by atoms with Crippen molar-refractivity contribution in [3.63, 3.8) is 0 Å². The van der Waals surface area contributed by atoms with Crippen molar-refractivity contribution in [2.75, 3.05) is 18.0 Å². The number of hydrogen-bond donors (Lipinski definition) is 0. The molecule has 0 spiro atoms. The van der Waals surface area contributed by atoms with E-state index in [0.29, 0.717) is 18.7 Å². The Labute approximate surface area is 188 Å². The van der Waals surface area contributed by atoms with Gasteiger partial charge in [-0.25, -0.2) is 8.78 Å². The molecule has 0 N–H and O–H groups in total. The normalized spacial score (nSPS) is 15.0. The number of piperidine rings is 1. The van der Waals surface area contributed by atoms with Crippen molar-refractivity contribution in [3.8, 4) is 0 Å². The van der Waals surface area contributed by atoms with Crippen molar-refractivity contribution < 1.29 is 13.6 Å². The van der Waals surface area contributed by atoms with E-state index in [2.05, 4.69) is 24.0 Å². The largest absolute Gasteiger partial charge is 0.305 e. The van der Waals surface area contributed by atoms with Gasteiger partial charge in [0.25, 0.3) is 5.91 Å². The lowest BCUT2D eigenvalue weighted by molar-refractivity contribution is 0.0958. The van der Waals surface area contributed by atoms with Crippen LogP contribution in [0.2, 0.25) is 0 Å². The number of anilines is 1. The number of carbonyl (C=O) groups excluding carboxylic acids is 1. The Morgan fingerprint density at radius 3 is 2.12 bits per heavy atom. The maximum Gasteiger partial charge on any atom is 0.258 e. The SMILES string of the molecule is CCc1ccc(N(C(=O)c2ccccc2)C2CCN(Cc3c(F)cccc3F)CC2)cc1. The third-order valence-corrected chi connectivity index (χ3v) is 6.23. The smallest absolute Gasteiger partial charge is 0.258 e. The van der Waals surface area contributed by atoms with Gasteiger partial charge in [0.2, 0.25) is 0 Å². The van der Waals surface area contributed by atoms with Crippen molar-refractivity contribution in [3.05, 3.63) is 101 Å². The highest BCUT2D eigenvalue weighted by atomic mass is 19.1. The highest BCUT2D eigenvalue weighted by Gasteiger charge is 2.30. The Bertz CT molecular complexity index is 1020. The van der Waals surface area contributed by atoms with E-state index in [-0.39, 0.29) is 24.1 Å². The van der Waals surface area contributed by atoms with E-state index in [1.807, 2.05) is 47.4 Å². The number of nitrogens with zero attached hydrogens (tertiary/aromatic N) is 2. The summed E-state index contributed by atoms with van der Waals surface area (Å²) in [6.45, 7) is 3.69. The highest BCUT2D eigenvalue weighted by molar-refractivity contribution is 6.06. The minimum atomic E-state index is -0.510. The summed E-state index contributed by atoms with van der Waals surface area (Å²) in [7, 11) is 0. The molecule has 4 rings (SSSR count). The van der Waals surface area contributed by atoms with Crippen LogP contribution in [0, 0.1) is 11.6 Å². The zero-order chi connectivity index (χ0) is 22.5. The van der Waals surface area contributed by atoms with Gasteiger partial charge in [0.05, 0.1) is 0 Å². The summed E-state index contributed by atoms with van der Waals surface area (Å²) in [4.78, 5) is 17.4. The predicted octanol–water partition coefficient (Wildman–Crippen LogP) is 5.84. The van der Waals surface area contributed by atoms with E-state index in [9.17, 15) is 13.6 Å². The van der Waals surface area contributed by atoms with Gasteiger partial charge in [0.15, 0.2) is 0 Å². The molecule has 0 atom stereocenters. The molecular weight excluding hydrogens is 406 g/mol. The fourth-order valence-electron chi connectivity index (χ4n) is 4.35. The number of benzene rings is 3. The van der Waals surface area contributed by atoms with Gasteiger partial charge in [-0.2, -0.15) is 0 Å². The first-order valence-corrected chi connectivity index (χ1v) is 11.2. The molecule has 1 heterocycles. The molecule has 0 unspecified atom stereocenters. The summed E-state index contributed by atoms with van der Waals surface area (Å²) in [5.74, 6) is -1.04. The fraction of sp³-hybridized carbons (Fsp3) is 0.296. The number of hydrogen-bond acceptors (Lipinski definition) is 2. The molecule has 0 radical (unpaired) electrons. The average molecular weight is 435 g/mol. The van der Waals surface area contributed by atoms with Crippen LogP contribution in [0.15, 0.2) is 72.8 Å². The maximum absolute atomic E-state index is 14.1. The van der Waals surface area contributed by atoms with Gasteiger partial charge in [-0.05, 0) is 61.2 Å². The number of aryl methyl sites for hydroxylation is 1. The Hall–Kier alpha value is -3.05. The lowest BCUT2D eigenvalue weighted by Crippen LogP contribution is -2.47. The second-order valence-electron chi connectivity index (χ2n) is 8.27. The fourth-order valence-corrected chi connectivity index (χ4v) is 4.35. The number of carbonyl (C=O) groups is 1. The zero-order valence-corrected chi connectivity index (χ0v) is 18.3. The molecule has 1 saturated heterocycles. The Morgan fingerprint density at radius 1 is 0.906 bits per heavy atom. The molecule has 0 aromatic heterocycles. The molecule has 1 amide bonds. The first-order chi connectivity index (χ1) is 15.6. The van der Waals surface area contributed by atoms with Gasteiger partial charge in [0.1, 0.15) is 11.6 Å². The number of likely N-dealkylation sites (tertiary alicyclic amines) is 1. The van der Waals surface area contributed by atoms with Crippen molar-refractivity contribution in [1.29, 1.82) is 0 Å². The topological polar surface area (TPSA) is 23.6 Å². The molecule has 32 heavy (non-hydrogen) atoms. The Morgan fingerprint density at radius 2 is 1.53 bits per heavy atom. The van der Waals surface area contributed by atoms with E-state index in [4.69, 9.17) is 0 Å². The van der Waals surface area contributed by atoms with Crippen LogP contribution in [0.5, 0.6) is 0 Å². The molecule has 1 aliphatic rings. The number of rotatable bonds is 6. The van der Waals surface area contributed by atoms with Crippen LogP contribution in [0.3, 0.4) is 0 Å². The van der Waals surface area contributed by atoms with E-state index < -0.39 is 11.6 Å². The summed E-state index contributed by atoms with van der Waals surface area (Å²) < 4.78 is 28.1. The lowest BCUT2D eigenvalue weighted by Gasteiger charge is -2.38. The Balaban J connectivity index is 1.52. The van der Waals surface area contributed by atoms with E-state index in [1.54, 1.807) is 0 Å². The van der Waals surface area contributed by atoms with E-state index in [1.165, 1.54) is 23.8 Å². The predicted molar refractivity (Wildman–Crippen MR) is 124 cm³/mol. The minimum Gasteiger partial charge on any atom is -0.305 e. The molecule has 5 heteroatoms. The van der Waals surface area contributed by atoms with Crippen molar-refractivity contribution in [2.45, 2.75) is 38.8 Å². The maximum atomic E-state index is 14.1. The van der Waals surface area contributed by atoms with Crippen LogP contribution in [-0.2, 0) is 13.0 Å². The monoisotopic (exact) mass is 434 g/mol. The summed E-state index contributed by atoms with van der Waals surface area (Å²) >= 11 is 0. The second-order valence-corrected chi connectivity index (χ2v) is 8.27. The molecule has 3 aromatic rings. The molecule has 0 aliphatic carbocycles. The van der Waals surface area contributed by atoms with Crippen LogP contribution in [0.4, 0.5) is 14.5 Å².